The summed E-state index contributed by atoms with van der Waals surface area (Å²) in [5.74, 6) is -0.918. The van der Waals surface area contributed by atoms with E-state index in [0.29, 0.717) is 12.5 Å². The van der Waals surface area contributed by atoms with Crippen LogP contribution in [0.15, 0.2) is 24.3 Å². The summed E-state index contributed by atoms with van der Waals surface area (Å²) in [4.78, 5) is 17.6. The van der Waals surface area contributed by atoms with Crippen molar-refractivity contribution in [3.05, 3.63) is 35.4 Å². The van der Waals surface area contributed by atoms with Crippen LogP contribution >= 0.6 is 0 Å². The van der Waals surface area contributed by atoms with Gasteiger partial charge in [-0.2, -0.15) is 22.0 Å². The van der Waals surface area contributed by atoms with Crippen LogP contribution in [0.5, 0.6) is 11.6 Å². The van der Waals surface area contributed by atoms with E-state index < -0.39 is 30.1 Å². The molecule has 1 aliphatic heterocycles. The van der Waals surface area contributed by atoms with Crippen LogP contribution in [0, 0.1) is 6.92 Å². The molecule has 3 heterocycles. The average molecular weight is 470 g/mol. The number of piperidine rings is 1. The van der Waals surface area contributed by atoms with Gasteiger partial charge in [0.05, 0.1) is 22.7 Å². The van der Waals surface area contributed by atoms with E-state index in [4.69, 9.17) is 4.74 Å². The number of phenolic OH excluding ortho intramolecular Hbond substituents is 1. The number of rotatable bonds is 4. The fourth-order valence-corrected chi connectivity index (χ4v) is 4.01. The van der Waals surface area contributed by atoms with Gasteiger partial charge in [0.1, 0.15) is 5.75 Å². The first kappa shape index (κ1) is 22.7. The third kappa shape index (κ3) is 4.29. The van der Waals surface area contributed by atoms with Crippen LogP contribution in [0.1, 0.15) is 30.0 Å². The molecular formula is C21H19F5N4O3. The zero-order chi connectivity index (χ0) is 24.1. The number of hydrogen-bond acceptors (Lipinski definition) is 5. The van der Waals surface area contributed by atoms with E-state index in [1.54, 1.807) is 7.05 Å². The SMILES string of the molecule is Cc1cc(C(F)(F)F)cc(O)c1-c1ccc2c(OC(F)F)n([C@H]3CCC(=O)N(C)C3)nc2n1. The van der Waals surface area contributed by atoms with Gasteiger partial charge in [0, 0.05) is 25.6 Å². The molecule has 0 unspecified atom stereocenters. The second-order valence-electron chi connectivity index (χ2n) is 7.85. The molecule has 7 nitrogen and oxygen atoms in total. The van der Waals surface area contributed by atoms with Gasteiger partial charge in [0.2, 0.25) is 11.8 Å². The van der Waals surface area contributed by atoms with E-state index in [1.165, 1.54) is 28.6 Å². The van der Waals surface area contributed by atoms with E-state index in [1.807, 2.05) is 0 Å². The van der Waals surface area contributed by atoms with Crippen molar-refractivity contribution in [3.8, 4) is 22.9 Å². The van der Waals surface area contributed by atoms with Crippen LogP contribution in [0.25, 0.3) is 22.3 Å². The lowest BCUT2D eigenvalue weighted by Gasteiger charge is -2.30. The Bertz CT molecular complexity index is 1200. The third-order valence-electron chi connectivity index (χ3n) is 5.56. The number of aryl methyl sites for hydroxylation is 1. The molecule has 1 N–H and O–H groups in total. The van der Waals surface area contributed by atoms with E-state index >= 15 is 0 Å². The number of ether oxygens (including phenoxy) is 1. The molecule has 1 aliphatic rings. The fraction of sp³-hybridized carbons (Fsp3) is 0.381. The minimum Gasteiger partial charge on any atom is -0.507 e. The van der Waals surface area contributed by atoms with Gasteiger partial charge in [-0.25, -0.2) is 9.67 Å². The molecule has 0 spiro atoms. The Morgan fingerprint density at radius 3 is 2.58 bits per heavy atom. The number of halogens is 5. The predicted molar refractivity (Wildman–Crippen MR) is 107 cm³/mol. The van der Waals surface area contributed by atoms with E-state index in [9.17, 15) is 31.9 Å². The quantitative estimate of drug-likeness (QED) is 0.567. The van der Waals surface area contributed by atoms with Gasteiger partial charge in [-0.05, 0) is 43.2 Å². The molecule has 0 saturated carbocycles. The lowest BCUT2D eigenvalue weighted by atomic mass is 10.00. The minimum absolute atomic E-state index is 0.0152. The number of likely N-dealkylation sites (N-methyl/N-ethyl adjacent to an activating group) is 1. The standard InChI is InChI=1S/C21H19F5N4O3/c1-10-7-11(21(24,25)26)8-15(31)17(10)14-5-4-13-18(27-14)28-30(19(13)33-20(22)23)12-3-6-16(32)29(2)9-12/h4-5,7-8,12,20,31H,3,6,9H2,1-2H3/t12-/m0/s1. The lowest BCUT2D eigenvalue weighted by molar-refractivity contribution is -0.137. The Morgan fingerprint density at radius 2 is 1.97 bits per heavy atom. The topological polar surface area (TPSA) is 80.5 Å². The van der Waals surface area contributed by atoms with Crippen LogP contribution in [-0.4, -0.2) is 50.9 Å². The molecule has 3 aromatic rings. The molecule has 1 atom stereocenters. The zero-order valence-electron chi connectivity index (χ0n) is 17.5. The van der Waals surface area contributed by atoms with E-state index in [0.717, 1.165) is 6.07 Å². The van der Waals surface area contributed by atoms with Crippen LogP contribution in [-0.2, 0) is 11.0 Å². The Balaban J connectivity index is 1.81. The summed E-state index contributed by atoms with van der Waals surface area (Å²) in [5, 5.41) is 14.7. The molecule has 0 bridgehead atoms. The Morgan fingerprint density at radius 1 is 1.24 bits per heavy atom. The van der Waals surface area contributed by atoms with Gasteiger partial charge in [-0.3, -0.25) is 4.79 Å². The van der Waals surface area contributed by atoms with Crippen molar-refractivity contribution in [2.75, 3.05) is 13.6 Å². The van der Waals surface area contributed by atoms with Crippen molar-refractivity contribution in [1.82, 2.24) is 19.7 Å². The number of aromatic hydroxyl groups is 1. The number of fused-ring (bicyclic) bond motifs is 1. The van der Waals surface area contributed by atoms with Crippen LogP contribution in [0.3, 0.4) is 0 Å². The lowest BCUT2D eigenvalue weighted by Crippen LogP contribution is -2.38. The number of benzene rings is 1. The maximum Gasteiger partial charge on any atom is 0.416 e. The molecule has 12 heteroatoms. The van der Waals surface area contributed by atoms with Crippen molar-refractivity contribution >= 4 is 16.9 Å². The minimum atomic E-state index is -4.63. The monoisotopic (exact) mass is 470 g/mol. The van der Waals surface area contributed by atoms with Gasteiger partial charge < -0.3 is 14.7 Å². The molecule has 33 heavy (non-hydrogen) atoms. The number of carbonyl (C=O) groups is 1. The van der Waals surface area contributed by atoms with Gasteiger partial charge in [0.15, 0.2) is 5.65 Å². The van der Waals surface area contributed by atoms with Gasteiger partial charge in [-0.1, -0.05) is 0 Å². The second kappa shape index (κ2) is 8.16. The summed E-state index contributed by atoms with van der Waals surface area (Å²) in [6.45, 7) is -1.50. The van der Waals surface area contributed by atoms with Gasteiger partial charge in [-0.15, -0.1) is 5.10 Å². The molecule has 1 fully saturated rings. The van der Waals surface area contributed by atoms with Crippen LogP contribution in [0.4, 0.5) is 22.0 Å². The maximum atomic E-state index is 13.1. The van der Waals surface area contributed by atoms with Crippen molar-refractivity contribution in [2.45, 2.75) is 38.6 Å². The highest BCUT2D eigenvalue weighted by atomic mass is 19.4. The number of phenols is 1. The molecule has 0 aliphatic carbocycles. The predicted octanol–water partition coefficient (Wildman–Crippen LogP) is 4.53. The van der Waals surface area contributed by atoms with Crippen molar-refractivity contribution < 1.29 is 36.6 Å². The highest BCUT2D eigenvalue weighted by Crippen LogP contribution is 2.40. The van der Waals surface area contributed by atoms with E-state index in [2.05, 4.69) is 10.1 Å². The second-order valence-corrected chi connectivity index (χ2v) is 7.85. The number of amides is 1. The third-order valence-corrected chi connectivity index (χ3v) is 5.56. The summed E-state index contributed by atoms with van der Waals surface area (Å²) < 4.78 is 71.3. The van der Waals surface area contributed by atoms with Crippen molar-refractivity contribution in [1.29, 1.82) is 0 Å². The number of aromatic nitrogens is 3. The van der Waals surface area contributed by atoms with Crippen LogP contribution in [0.2, 0.25) is 0 Å². The number of carbonyl (C=O) groups excluding carboxylic acids is 1. The fourth-order valence-electron chi connectivity index (χ4n) is 4.01. The molecular weight excluding hydrogens is 451 g/mol. The number of likely N-dealkylation sites (tertiary alicyclic amines) is 1. The molecule has 1 saturated heterocycles. The first-order valence-corrected chi connectivity index (χ1v) is 9.95. The number of alkyl halides is 5. The highest BCUT2D eigenvalue weighted by Gasteiger charge is 2.33. The largest absolute Gasteiger partial charge is 0.507 e. The first-order valence-electron chi connectivity index (χ1n) is 9.95. The summed E-state index contributed by atoms with van der Waals surface area (Å²) in [5.41, 5.74) is -0.671. The van der Waals surface area contributed by atoms with E-state index in [-0.39, 0.29) is 52.6 Å². The summed E-state index contributed by atoms with van der Waals surface area (Å²) in [6.07, 6.45) is -4.06. The smallest absolute Gasteiger partial charge is 0.416 e. The first-order chi connectivity index (χ1) is 15.5. The molecule has 4 rings (SSSR count). The normalized spacial score (nSPS) is 17.3. The number of hydrogen-bond donors (Lipinski definition) is 1. The molecule has 0 radical (unpaired) electrons. The summed E-state index contributed by atoms with van der Waals surface area (Å²) in [6, 6.07) is 3.86. The Hall–Kier alpha value is -3.44. The average Bonchev–Trinajstić information content (AvgIpc) is 3.06. The maximum absolute atomic E-state index is 13.1. The van der Waals surface area contributed by atoms with Crippen molar-refractivity contribution in [2.24, 2.45) is 0 Å². The van der Waals surface area contributed by atoms with Crippen molar-refractivity contribution in [3.63, 3.8) is 0 Å². The summed E-state index contributed by atoms with van der Waals surface area (Å²) >= 11 is 0. The molecule has 2 aromatic heterocycles. The number of nitrogens with zero attached hydrogens (tertiary/aromatic N) is 4. The number of pyridine rings is 1. The van der Waals surface area contributed by atoms with Crippen LogP contribution < -0.4 is 4.74 Å². The van der Waals surface area contributed by atoms with Gasteiger partial charge in [0.25, 0.3) is 0 Å². The Labute approximate surface area is 184 Å². The van der Waals surface area contributed by atoms with Gasteiger partial charge >= 0.3 is 12.8 Å². The zero-order valence-corrected chi connectivity index (χ0v) is 17.5. The Kier molecular flexibility index (Phi) is 5.62. The summed E-state index contributed by atoms with van der Waals surface area (Å²) in [7, 11) is 1.60. The molecule has 1 amide bonds. The molecule has 176 valence electrons. The molecule has 1 aromatic carbocycles. The highest BCUT2D eigenvalue weighted by molar-refractivity contribution is 5.85.